The Kier molecular flexibility index (Phi) is 7.71. The van der Waals surface area contributed by atoms with Crippen LogP contribution in [-0.4, -0.2) is 52.5 Å². The number of rotatable bonds is 9. The molecule has 1 saturated heterocycles. The fourth-order valence-electron chi connectivity index (χ4n) is 2.97. The minimum Gasteiger partial charge on any atom is -0.497 e. The summed E-state index contributed by atoms with van der Waals surface area (Å²) in [5.74, 6) is 0.939. The zero-order valence-electron chi connectivity index (χ0n) is 14.1. The molecule has 0 saturated carbocycles. The molecule has 0 amide bonds. The minimum absolute atomic E-state index is 0.696. The Morgan fingerprint density at radius 3 is 2.64 bits per heavy atom. The van der Waals surface area contributed by atoms with E-state index in [1.807, 2.05) is 0 Å². The third-order valence-electron chi connectivity index (χ3n) is 4.55. The third kappa shape index (κ3) is 6.34. The van der Waals surface area contributed by atoms with Crippen molar-refractivity contribution in [3.05, 3.63) is 29.8 Å². The van der Waals surface area contributed by atoms with E-state index in [0.29, 0.717) is 6.04 Å². The van der Waals surface area contributed by atoms with Crippen LogP contribution in [0.3, 0.4) is 0 Å². The lowest BCUT2D eigenvalue weighted by atomic mass is 10.1. The number of methoxy groups -OCH3 is 1. The van der Waals surface area contributed by atoms with Crippen molar-refractivity contribution in [3.63, 3.8) is 0 Å². The van der Waals surface area contributed by atoms with Crippen molar-refractivity contribution >= 4 is 0 Å². The van der Waals surface area contributed by atoms with Crippen LogP contribution in [0.4, 0.5) is 0 Å². The standard InChI is InChI=1S/C18H30N2O2/c1-16(4-5-17-6-8-18(21-2)9-7-17)19-10-3-11-20-12-14-22-15-13-20/h6-9,16,19H,3-5,10-15H2,1-2H3/p+2/t16-/m0/s1. The molecule has 1 aliphatic heterocycles. The second-order valence-electron chi connectivity index (χ2n) is 6.35. The fraction of sp³-hybridized carbons (Fsp3) is 0.667. The van der Waals surface area contributed by atoms with E-state index in [0.717, 1.165) is 25.4 Å². The number of benzene rings is 1. The van der Waals surface area contributed by atoms with Gasteiger partial charge in [-0.25, -0.2) is 0 Å². The van der Waals surface area contributed by atoms with Crippen molar-refractivity contribution in [2.24, 2.45) is 0 Å². The maximum absolute atomic E-state index is 5.40. The van der Waals surface area contributed by atoms with Gasteiger partial charge < -0.3 is 19.7 Å². The highest BCUT2D eigenvalue weighted by atomic mass is 16.5. The SMILES string of the molecule is COc1ccc(CC[C@H](C)[NH2+]CCC[NH+]2CCOCC2)cc1. The lowest BCUT2D eigenvalue weighted by molar-refractivity contribution is -0.909. The predicted octanol–water partition coefficient (Wildman–Crippen LogP) is -0.115. The van der Waals surface area contributed by atoms with E-state index >= 15 is 0 Å². The van der Waals surface area contributed by atoms with Crippen molar-refractivity contribution in [2.75, 3.05) is 46.5 Å². The van der Waals surface area contributed by atoms with Crippen LogP contribution in [-0.2, 0) is 11.2 Å². The largest absolute Gasteiger partial charge is 0.497 e. The van der Waals surface area contributed by atoms with Gasteiger partial charge >= 0.3 is 0 Å². The number of quaternary nitrogens is 2. The van der Waals surface area contributed by atoms with Crippen molar-refractivity contribution in [1.82, 2.24) is 0 Å². The van der Waals surface area contributed by atoms with Crippen molar-refractivity contribution in [2.45, 2.75) is 32.2 Å². The Bertz CT molecular complexity index is 402. The molecular weight excluding hydrogens is 276 g/mol. The summed E-state index contributed by atoms with van der Waals surface area (Å²) in [6.45, 7) is 9.14. The molecular formula is C18H32N2O2+2. The summed E-state index contributed by atoms with van der Waals surface area (Å²) in [5.41, 5.74) is 1.40. The van der Waals surface area contributed by atoms with Crippen LogP contribution in [0.5, 0.6) is 5.75 Å². The molecule has 1 heterocycles. The van der Waals surface area contributed by atoms with Crippen molar-refractivity contribution < 1.29 is 19.7 Å². The molecule has 2 rings (SSSR count). The number of nitrogens with two attached hydrogens (primary N) is 1. The van der Waals surface area contributed by atoms with Gasteiger partial charge in [0, 0.05) is 12.8 Å². The zero-order chi connectivity index (χ0) is 15.6. The average Bonchev–Trinajstić information content (AvgIpc) is 2.58. The van der Waals surface area contributed by atoms with E-state index in [1.165, 1.54) is 44.6 Å². The molecule has 0 bridgehead atoms. The molecule has 1 atom stereocenters. The highest BCUT2D eigenvalue weighted by molar-refractivity contribution is 5.27. The Balaban J connectivity index is 1.54. The van der Waals surface area contributed by atoms with Gasteiger partial charge in [-0.1, -0.05) is 12.1 Å². The van der Waals surface area contributed by atoms with Crippen LogP contribution >= 0.6 is 0 Å². The van der Waals surface area contributed by atoms with Crippen LogP contribution in [0, 0.1) is 0 Å². The summed E-state index contributed by atoms with van der Waals surface area (Å²) in [6.07, 6.45) is 3.69. The smallest absolute Gasteiger partial charge is 0.118 e. The summed E-state index contributed by atoms with van der Waals surface area (Å²) < 4.78 is 10.6. The number of ether oxygens (including phenoxy) is 2. The minimum atomic E-state index is 0.696. The number of hydrogen-bond donors (Lipinski definition) is 2. The quantitative estimate of drug-likeness (QED) is 0.625. The molecule has 1 fully saturated rings. The van der Waals surface area contributed by atoms with E-state index in [1.54, 1.807) is 12.0 Å². The number of aryl methyl sites for hydroxylation is 1. The summed E-state index contributed by atoms with van der Waals surface area (Å²) >= 11 is 0. The maximum Gasteiger partial charge on any atom is 0.118 e. The summed E-state index contributed by atoms with van der Waals surface area (Å²) in [7, 11) is 1.71. The molecule has 22 heavy (non-hydrogen) atoms. The van der Waals surface area contributed by atoms with Gasteiger partial charge in [-0.3, -0.25) is 0 Å². The van der Waals surface area contributed by atoms with Crippen LogP contribution in [0.1, 0.15) is 25.3 Å². The maximum atomic E-state index is 5.40. The Labute approximate surface area is 134 Å². The van der Waals surface area contributed by atoms with Crippen LogP contribution in [0.2, 0.25) is 0 Å². The van der Waals surface area contributed by atoms with Gasteiger partial charge in [0.25, 0.3) is 0 Å². The highest BCUT2D eigenvalue weighted by Gasteiger charge is 2.13. The van der Waals surface area contributed by atoms with Crippen molar-refractivity contribution in [1.29, 1.82) is 0 Å². The van der Waals surface area contributed by atoms with Crippen LogP contribution in [0.15, 0.2) is 24.3 Å². The molecule has 0 unspecified atom stereocenters. The monoisotopic (exact) mass is 308 g/mol. The van der Waals surface area contributed by atoms with Gasteiger partial charge in [0.15, 0.2) is 0 Å². The molecule has 4 heteroatoms. The molecule has 4 nitrogen and oxygen atoms in total. The lowest BCUT2D eigenvalue weighted by Gasteiger charge is -2.23. The van der Waals surface area contributed by atoms with Gasteiger partial charge in [-0.05, 0) is 31.0 Å². The molecule has 0 radical (unpaired) electrons. The second kappa shape index (κ2) is 9.82. The summed E-state index contributed by atoms with van der Waals surface area (Å²) in [6, 6.07) is 9.14. The fourth-order valence-corrected chi connectivity index (χ4v) is 2.97. The van der Waals surface area contributed by atoms with Gasteiger partial charge in [-0.2, -0.15) is 0 Å². The number of hydrogen-bond acceptors (Lipinski definition) is 2. The Morgan fingerprint density at radius 2 is 1.95 bits per heavy atom. The molecule has 0 aromatic heterocycles. The summed E-state index contributed by atoms with van der Waals surface area (Å²) in [4.78, 5) is 1.71. The molecule has 1 aromatic rings. The van der Waals surface area contributed by atoms with Crippen LogP contribution in [0.25, 0.3) is 0 Å². The number of nitrogens with one attached hydrogen (secondary N) is 1. The van der Waals surface area contributed by atoms with E-state index in [-0.39, 0.29) is 0 Å². The molecule has 1 aliphatic rings. The topological polar surface area (TPSA) is 39.5 Å². The first kappa shape index (κ1) is 17.3. The summed E-state index contributed by atoms with van der Waals surface area (Å²) in [5, 5.41) is 2.50. The molecule has 1 aromatic carbocycles. The second-order valence-corrected chi connectivity index (χ2v) is 6.35. The van der Waals surface area contributed by atoms with Crippen molar-refractivity contribution in [3.8, 4) is 5.75 Å². The highest BCUT2D eigenvalue weighted by Crippen LogP contribution is 2.12. The first-order valence-electron chi connectivity index (χ1n) is 8.65. The van der Waals surface area contributed by atoms with E-state index in [2.05, 4.69) is 36.5 Å². The van der Waals surface area contributed by atoms with Gasteiger partial charge in [-0.15, -0.1) is 0 Å². The van der Waals surface area contributed by atoms with E-state index < -0.39 is 0 Å². The van der Waals surface area contributed by atoms with Gasteiger partial charge in [0.1, 0.15) is 18.8 Å². The molecule has 0 aliphatic carbocycles. The lowest BCUT2D eigenvalue weighted by Crippen LogP contribution is -3.14. The zero-order valence-corrected chi connectivity index (χ0v) is 14.1. The Hall–Kier alpha value is -1.10. The first-order valence-corrected chi connectivity index (χ1v) is 8.65. The molecule has 124 valence electrons. The predicted molar refractivity (Wildman–Crippen MR) is 88.6 cm³/mol. The molecule has 0 spiro atoms. The van der Waals surface area contributed by atoms with Gasteiger partial charge in [0.2, 0.25) is 0 Å². The van der Waals surface area contributed by atoms with E-state index in [9.17, 15) is 0 Å². The average molecular weight is 308 g/mol. The number of morpholine rings is 1. The van der Waals surface area contributed by atoms with Crippen LogP contribution < -0.4 is 15.0 Å². The van der Waals surface area contributed by atoms with E-state index in [4.69, 9.17) is 9.47 Å². The Morgan fingerprint density at radius 1 is 1.23 bits per heavy atom. The third-order valence-corrected chi connectivity index (χ3v) is 4.55. The van der Waals surface area contributed by atoms with Gasteiger partial charge in [0.05, 0.1) is 39.5 Å². The molecule has 3 N–H and O–H groups in total. The first-order chi connectivity index (χ1) is 10.8. The normalized spacial score (nSPS) is 17.4.